The standard InChI is InChI=1S/C22H23B5ClF2N3O4/c23-21(24)15(17(35)33(27)19(37)22(21,25)26)32-9-11-7-10(1-6-14(11)16(32)34)8-31-18(36)20(29,30)12-2-4-13(28)5-3-12/h1-7,15H,8-9,23-27H2,(H,31,36). The van der Waals surface area contributed by atoms with E-state index in [0.29, 0.717) is 16.7 Å². The minimum Gasteiger partial charge on any atom is -0.346 e. The van der Waals surface area contributed by atoms with Gasteiger partial charge >= 0.3 is 5.92 Å². The van der Waals surface area contributed by atoms with Crippen molar-refractivity contribution in [2.24, 2.45) is 0 Å². The van der Waals surface area contributed by atoms with E-state index < -0.39 is 39.8 Å². The van der Waals surface area contributed by atoms with Crippen LogP contribution in [0.2, 0.25) is 15.5 Å². The van der Waals surface area contributed by atoms with E-state index in [1.54, 1.807) is 49.6 Å². The highest BCUT2D eigenvalue weighted by atomic mass is 35.5. The Balaban J connectivity index is 1.52. The highest BCUT2D eigenvalue weighted by Gasteiger charge is 2.59. The molecule has 4 rings (SSSR count). The molecule has 2 heterocycles. The number of nitrogens with one attached hydrogen (secondary N) is 1. The van der Waals surface area contributed by atoms with Crippen LogP contribution in [0, 0.1) is 0 Å². The van der Waals surface area contributed by atoms with Crippen LogP contribution in [0.4, 0.5) is 8.78 Å². The molecule has 2 aromatic carbocycles. The predicted octanol–water partition coefficient (Wildman–Crippen LogP) is -2.25. The van der Waals surface area contributed by atoms with E-state index in [4.69, 9.17) is 11.6 Å². The smallest absolute Gasteiger partial charge is 0.346 e. The summed E-state index contributed by atoms with van der Waals surface area (Å²) in [6.45, 7) is -0.0591. The molecule has 2 aliphatic heterocycles. The van der Waals surface area contributed by atoms with E-state index in [-0.39, 0.29) is 29.9 Å². The lowest BCUT2D eigenvalue weighted by Gasteiger charge is -2.54. The second-order valence-electron chi connectivity index (χ2n) is 10.6. The molecule has 1 N–H and O–H groups in total. The topological polar surface area (TPSA) is 86.8 Å². The van der Waals surface area contributed by atoms with Gasteiger partial charge in [0.05, 0.1) is 0 Å². The van der Waals surface area contributed by atoms with Crippen LogP contribution in [-0.4, -0.2) is 78.7 Å². The number of carbonyl (C=O) groups excluding carboxylic acids is 4. The van der Waals surface area contributed by atoms with E-state index >= 15 is 0 Å². The summed E-state index contributed by atoms with van der Waals surface area (Å²) < 4.78 is 29.2. The average Bonchev–Trinajstić information content (AvgIpc) is 3.15. The van der Waals surface area contributed by atoms with Gasteiger partial charge in [0.15, 0.2) is 0 Å². The lowest BCUT2D eigenvalue weighted by molar-refractivity contribution is -0.148. The second kappa shape index (κ2) is 9.08. The van der Waals surface area contributed by atoms with E-state index in [9.17, 15) is 28.0 Å². The second-order valence-corrected chi connectivity index (χ2v) is 11.1. The van der Waals surface area contributed by atoms with Gasteiger partial charge in [0.2, 0.25) is 19.8 Å². The van der Waals surface area contributed by atoms with Crippen LogP contribution in [-0.2, 0) is 33.4 Å². The molecule has 1 fully saturated rings. The van der Waals surface area contributed by atoms with Gasteiger partial charge in [-0.15, -0.1) is 0 Å². The van der Waals surface area contributed by atoms with Gasteiger partial charge in [0.25, 0.3) is 11.8 Å². The van der Waals surface area contributed by atoms with Crippen LogP contribution in [0.3, 0.4) is 0 Å². The molecule has 0 spiro atoms. The van der Waals surface area contributed by atoms with Gasteiger partial charge in [0.1, 0.15) is 37.4 Å². The quantitative estimate of drug-likeness (QED) is 0.357. The van der Waals surface area contributed by atoms with Crippen molar-refractivity contribution >= 4 is 74.6 Å². The minimum atomic E-state index is -3.75. The molecule has 0 aromatic heterocycles. The van der Waals surface area contributed by atoms with Gasteiger partial charge in [-0.3, -0.25) is 19.2 Å². The van der Waals surface area contributed by atoms with Crippen molar-refractivity contribution in [1.29, 1.82) is 0 Å². The number of amides is 4. The Morgan fingerprint density at radius 1 is 1.08 bits per heavy atom. The van der Waals surface area contributed by atoms with Crippen LogP contribution >= 0.6 is 11.6 Å². The zero-order valence-corrected chi connectivity index (χ0v) is 22.0. The molecule has 1 saturated heterocycles. The van der Waals surface area contributed by atoms with Gasteiger partial charge in [0, 0.05) is 29.2 Å². The van der Waals surface area contributed by atoms with Gasteiger partial charge in [-0.25, -0.2) is 0 Å². The first-order valence-electron chi connectivity index (χ1n) is 11.8. The van der Waals surface area contributed by atoms with Crippen LogP contribution in [0.1, 0.15) is 27.0 Å². The number of nitrogens with zero attached hydrogens (tertiary/aromatic N) is 2. The Morgan fingerprint density at radius 3 is 2.32 bits per heavy atom. The van der Waals surface area contributed by atoms with Crippen molar-refractivity contribution in [3.63, 3.8) is 0 Å². The number of imide groups is 1. The third kappa shape index (κ3) is 4.29. The summed E-state index contributed by atoms with van der Waals surface area (Å²) in [5, 5.41) is 0.777. The molecule has 15 heteroatoms. The van der Waals surface area contributed by atoms with E-state index in [1.807, 2.05) is 0 Å². The fraction of sp³-hybridized carbons (Fsp3) is 0.273. The molecule has 1 atom stereocenters. The van der Waals surface area contributed by atoms with Crippen LogP contribution < -0.4 is 5.32 Å². The molecule has 7 nitrogen and oxygen atoms in total. The lowest BCUT2D eigenvalue weighted by atomic mass is 9.26. The molecule has 186 valence electrons. The number of halogens is 3. The highest BCUT2D eigenvalue weighted by molar-refractivity contribution is 6.65. The van der Waals surface area contributed by atoms with Crippen LogP contribution in [0.5, 0.6) is 0 Å². The third-order valence-electron chi connectivity index (χ3n) is 7.96. The normalized spacial score (nSPS) is 20.6. The largest absolute Gasteiger partial charge is 0.349 e. The first-order valence-corrected chi connectivity index (χ1v) is 12.2. The van der Waals surface area contributed by atoms with Gasteiger partial charge < -0.3 is 15.0 Å². The number of hydrogen-bond donors (Lipinski definition) is 1. The fourth-order valence-corrected chi connectivity index (χ4v) is 5.08. The Bertz CT molecular complexity index is 1330. The Kier molecular flexibility index (Phi) is 6.63. The van der Waals surface area contributed by atoms with E-state index in [1.165, 1.54) is 25.0 Å². The predicted molar refractivity (Wildman–Crippen MR) is 147 cm³/mol. The van der Waals surface area contributed by atoms with Gasteiger partial charge in [-0.05, 0) is 34.5 Å². The van der Waals surface area contributed by atoms with Gasteiger partial charge in [-0.2, -0.15) is 8.78 Å². The number of alkyl halides is 2. The molecular weight excluding hydrogens is 498 g/mol. The molecule has 37 heavy (non-hydrogen) atoms. The van der Waals surface area contributed by atoms with Crippen molar-refractivity contribution in [3.05, 3.63) is 69.7 Å². The molecule has 2 aromatic rings. The molecule has 0 aliphatic carbocycles. The van der Waals surface area contributed by atoms with Crippen LogP contribution in [0.25, 0.3) is 0 Å². The minimum absolute atomic E-state index is 0.120. The Morgan fingerprint density at radius 2 is 1.70 bits per heavy atom. The van der Waals surface area contributed by atoms with Crippen molar-refractivity contribution in [2.75, 3.05) is 0 Å². The molecule has 0 bridgehead atoms. The summed E-state index contributed by atoms with van der Waals surface area (Å²) in [4.78, 5) is 54.1. The van der Waals surface area contributed by atoms with E-state index in [2.05, 4.69) is 5.32 Å². The molecular formula is C22H23B5ClF2N3O4. The first kappa shape index (κ1) is 27.0. The summed E-state index contributed by atoms with van der Waals surface area (Å²) in [6.07, 6.45) is 0. The third-order valence-corrected chi connectivity index (χ3v) is 8.21. The van der Waals surface area contributed by atoms with Crippen molar-refractivity contribution in [1.82, 2.24) is 15.0 Å². The maximum atomic E-state index is 14.6. The summed E-state index contributed by atoms with van der Waals surface area (Å²) in [6, 6.07) is 8.70. The van der Waals surface area contributed by atoms with E-state index in [0.717, 1.165) is 16.9 Å². The summed E-state index contributed by atoms with van der Waals surface area (Å²) in [5.41, 5.74) is 1.05. The summed E-state index contributed by atoms with van der Waals surface area (Å²) >= 11 is 5.74. The van der Waals surface area contributed by atoms with Crippen molar-refractivity contribution in [2.45, 2.75) is 35.5 Å². The number of piperidine rings is 1. The fourth-order valence-electron chi connectivity index (χ4n) is 4.95. The highest BCUT2D eigenvalue weighted by Crippen LogP contribution is 2.52. The molecule has 1 unspecified atom stereocenters. The zero-order valence-electron chi connectivity index (χ0n) is 21.2. The SMILES string of the molecule is BN1C(=O)C(N2Cc3cc(CNC(=O)C(F)(F)c4ccc(Cl)cc4)ccc3C2=O)C(B)(B)C(B)(B)C1=O. The molecule has 0 saturated carbocycles. The number of carbonyl (C=O) groups is 4. The number of benzene rings is 2. The maximum Gasteiger partial charge on any atom is 0.349 e. The number of rotatable bonds is 5. The van der Waals surface area contributed by atoms with Gasteiger partial charge in [-0.1, -0.05) is 41.1 Å². The van der Waals surface area contributed by atoms with Crippen molar-refractivity contribution < 1.29 is 28.0 Å². The monoisotopic (exact) mass is 521 g/mol. The number of hydrogen-bond acceptors (Lipinski definition) is 4. The molecule has 4 amide bonds. The lowest BCUT2D eigenvalue weighted by Crippen LogP contribution is -2.67. The number of fused-ring (bicyclic) bond motifs is 1. The Hall–Kier alpha value is -3.01. The zero-order chi connectivity index (χ0) is 27.5. The molecule has 2 aliphatic rings. The Labute approximate surface area is 222 Å². The molecule has 0 radical (unpaired) electrons. The average molecular weight is 521 g/mol. The first-order chi connectivity index (χ1) is 17.1. The van der Waals surface area contributed by atoms with Crippen LogP contribution in [0.15, 0.2) is 42.5 Å². The summed E-state index contributed by atoms with van der Waals surface area (Å²) in [5.74, 6) is -6.32. The maximum absolute atomic E-state index is 14.6. The summed E-state index contributed by atoms with van der Waals surface area (Å²) in [7, 11) is 8.55. The van der Waals surface area contributed by atoms with Crippen molar-refractivity contribution in [3.8, 4) is 0 Å².